The lowest BCUT2D eigenvalue weighted by atomic mass is 9.96. The number of thioether (sulfide) groups is 1. The number of nitrogens with zero attached hydrogens (tertiary/aromatic N) is 1. The molecule has 0 saturated carbocycles. The Labute approximate surface area is 175 Å². The van der Waals surface area contributed by atoms with Crippen LogP contribution in [0.25, 0.3) is 0 Å². The zero-order chi connectivity index (χ0) is 21.2. The minimum absolute atomic E-state index is 0.107. The van der Waals surface area contributed by atoms with E-state index >= 15 is 0 Å². The Morgan fingerprint density at radius 2 is 1.90 bits per heavy atom. The second kappa shape index (κ2) is 8.37. The fourth-order valence-electron chi connectivity index (χ4n) is 3.31. The number of carbonyl (C=O) groups excluding carboxylic acids is 2. The van der Waals surface area contributed by atoms with Gasteiger partial charge in [-0.15, -0.1) is 11.8 Å². The summed E-state index contributed by atoms with van der Waals surface area (Å²) in [5.74, 6) is 1.76. The van der Waals surface area contributed by atoms with Crippen LogP contribution in [-0.4, -0.2) is 36.8 Å². The molecular formula is C22H26N2O4S. The molecule has 2 aromatic rings. The van der Waals surface area contributed by atoms with E-state index in [-0.39, 0.29) is 17.1 Å². The molecule has 154 valence electrons. The number of hydrogen-bond acceptors (Lipinski definition) is 5. The normalized spacial score (nSPS) is 15.9. The van der Waals surface area contributed by atoms with Gasteiger partial charge in [0.05, 0.1) is 30.8 Å². The molecule has 2 amide bonds. The fraction of sp³-hybridized carbons (Fsp3) is 0.364. The molecule has 1 atom stereocenters. The molecule has 6 nitrogen and oxygen atoms in total. The number of carbonyl (C=O) groups is 2. The lowest BCUT2D eigenvalue weighted by Crippen LogP contribution is -2.60. The fourth-order valence-corrected chi connectivity index (χ4v) is 4.21. The number of anilines is 2. The number of amides is 2. The Bertz CT molecular complexity index is 929. The molecule has 0 fully saturated rings. The molecule has 1 aliphatic heterocycles. The molecule has 0 bridgehead atoms. The van der Waals surface area contributed by atoms with Crippen LogP contribution in [0.15, 0.2) is 42.5 Å². The largest absolute Gasteiger partial charge is 0.497 e. The quantitative estimate of drug-likeness (QED) is 0.771. The van der Waals surface area contributed by atoms with Gasteiger partial charge in [-0.3, -0.25) is 14.5 Å². The van der Waals surface area contributed by atoms with Crippen LogP contribution in [0.2, 0.25) is 0 Å². The highest BCUT2D eigenvalue weighted by atomic mass is 32.2. The summed E-state index contributed by atoms with van der Waals surface area (Å²) in [5, 5.41) is 2.53. The Balaban J connectivity index is 1.82. The van der Waals surface area contributed by atoms with Gasteiger partial charge in [0.1, 0.15) is 17.0 Å². The molecule has 0 aliphatic carbocycles. The van der Waals surface area contributed by atoms with Crippen molar-refractivity contribution in [3.8, 4) is 11.5 Å². The average Bonchev–Trinajstić information content (AvgIpc) is 2.72. The van der Waals surface area contributed by atoms with Crippen molar-refractivity contribution in [2.45, 2.75) is 37.3 Å². The molecule has 1 aliphatic rings. The van der Waals surface area contributed by atoms with Crippen molar-refractivity contribution in [1.29, 1.82) is 0 Å². The van der Waals surface area contributed by atoms with E-state index in [4.69, 9.17) is 9.47 Å². The standard InChI is InChI=1S/C22H26N2O4S/c1-14(29-13-15-12-16(27-4)10-11-19(15)28-5)20(25)24-18-9-7-6-8-17(18)23-21(26)22(24,2)3/h6-12,14H,13H2,1-5H3,(H,23,26). The Morgan fingerprint density at radius 3 is 2.59 bits per heavy atom. The highest BCUT2D eigenvalue weighted by Gasteiger charge is 2.44. The number of fused-ring (bicyclic) bond motifs is 1. The Hall–Kier alpha value is -2.67. The van der Waals surface area contributed by atoms with Gasteiger partial charge in [0.15, 0.2) is 0 Å². The molecule has 0 saturated heterocycles. The molecule has 29 heavy (non-hydrogen) atoms. The van der Waals surface area contributed by atoms with Crippen LogP contribution >= 0.6 is 11.8 Å². The first-order valence-electron chi connectivity index (χ1n) is 9.36. The summed E-state index contributed by atoms with van der Waals surface area (Å²) in [7, 11) is 3.24. The lowest BCUT2D eigenvalue weighted by molar-refractivity contribution is -0.126. The van der Waals surface area contributed by atoms with Gasteiger partial charge in [-0.2, -0.15) is 0 Å². The summed E-state index contributed by atoms with van der Waals surface area (Å²) in [6.07, 6.45) is 0. The van der Waals surface area contributed by atoms with E-state index in [1.54, 1.807) is 33.0 Å². The van der Waals surface area contributed by atoms with Gasteiger partial charge < -0.3 is 14.8 Å². The molecule has 1 N–H and O–H groups in total. The van der Waals surface area contributed by atoms with Crippen LogP contribution in [0.3, 0.4) is 0 Å². The van der Waals surface area contributed by atoms with Gasteiger partial charge in [0.2, 0.25) is 11.8 Å². The van der Waals surface area contributed by atoms with E-state index in [0.717, 1.165) is 17.1 Å². The second-order valence-electron chi connectivity index (χ2n) is 7.33. The molecule has 2 aromatic carbocycles. The second-order valence-corrected chi connectivity index (χ2v) is 8.66. The summed E-state index contributed by atoms with van der Waals surface area (Å²) in [6.45, 7) is 5.39. The summed E-state index contributed by atoms with van der Waals surface area (Å²) in [5.41, 5.74) is 1.34. The highest BCUT2D eigenvalue weighted by Crippen LogP contribution is 2.38. The predicted octanol–water partition coefficient (Wildman–Crippen LogP) is 4.09. The topological polar surface area (TPSA) is 67.9 Å². The summed E-state index contributed by atoms with van der Waals surface area (Å²) in [6, 6.07) is 13.0. The van der Waals surface area contributed by atoms with E-state index in [0.29, 0.717) is 17.1 Å². The van der Waals surface area contributed by atoms with Crippen molar-refractivity contribution in [3.63, 3.8) is 0 Å². The first kappa shape index (κ1) is 21.0. The third-order valence-corrected chi connectivity index (χ3v) is 6.23. The van der Waals surface area contributed by atoms with Crippen LogP contribution < -0.4 is 19.7 Å². The van der Waals surface area contributed by atoms with Crippen LogP contribution in [0, 0.1) is 0 Å². The van der Waals surface area contributed by atoms with Crippen molar-refractivity contribution in [1.82, 2.24) is 0 Å². The minimum atomic E-state index is -0.978. The molecule has 1 unspecified atom stereocenters. The molecule has 0 radical (unpaired) electrons. The van der Waals surface area contributed by atoms with Gasteiger partial charge in [-0.05, 0) is 51.1 Å². The van der Waals surface area contributed by atoms with Gasteiger partial charge in [0, 0.05) is 11.3 Å². The van der Waals surface area contributed by atoms with Crippen molar-refractivity contribution in [3.05, 3.63) is 48.0 Å². The van der Waals surface area contributed by atoms with Crippen LogP contribution in [0.5, 0.6) is 11.5 Å². The van der Waals surface area contributed by atoms with Crippen LogP contribution in [-0.2, 0) is 15.3 Å². The smallest absolute Gasteiger partial charge is 0.250 e. The van der Waals surface area contributed by atoms with Gasteiger partial charge in [-0.25, -0.2) is 0 Å². The van der Waals surface area contributed by atoms with E-state index in [1.165, 1.54) is 11.8 Å². The van der Waals surface area contributed by atoms with Crippen molar-refractivity contribution >= 4 is 35.0 Å². The van der Waals surface area contributed by atoms with Crippen LogP contribution in [0.4, 0.5) is 11.4 Å². The molecule has 1 heterocycles. The van der Waals surface area contributed by atoms with Crippen molar-refractivity contribution < 1.29 is 19.1 Å². The zero-order valence-corrected chi connectivity index (χ0v) is 18.1. The maximum Gasteiger partial charge on any atom is 0.250 e. The highest BCUT2D eigenvalue weighted by molar-refractivity contribution is 7.99. The molecule has 7 heteroatoms. The van der Waals surface area contributed by atoms with Crippen LogP contribution in [0.1, 0.15) is 26.3 Å². The summed E-state index contributed by atoms with van der Waals surface area (Å²) >= 11 is 1.50. The number of hydrogen-bond donors (Lipinski definition) is 1. The van der Waals surface area contributed by atoms with Crippen molar-refractivity contribution in [2.24, 2.45) is 0 Å². The number of methoxy groups -OCH3 is 2. The zero-order valence-electron chi connectivity index (χ0n) is 17.3. The SMILES string of the molecule is COc1ccc(OC)c(CSC(C)C(=O)N2c3ccccc3NC(=O)C2(C)C)c1. The number of rotatable bonds is 6. The lowest BCUT2D eigenvalue weighted by Gasteiger charge is -2.43. The van der Waals surface area contributed by atoms with Gasteiger partial charge in [0.25, 0.3) is 0 Å². The third kappa shape index (κ3) is 4.05. The first-order valence-corrected chi connectivity index (χ1v) is 10.4. The Kier molecular flexibility index (Phi) is 6.07. The maximum absolute atomic E-state index is 13.4. The third-order valence-electron chi connectivity index (χ3n) is 5.05. The molecule has 0 spiro atoms. The predicted molar refractivity (Wildman–Crippen MR) is 117 cm³/mol. The maximum atomic E-state index is 13.4. The number of benzene rings is 2. The monoisotopic (exact) mass is 414 g/mol. The van der Waals surface area contributed by atoms with Crippen molar-refractivity contribution in [2.75, 3.05) is 24.4 Å². The molecular weight excluding hydrogens is 388 g/mol. The van der Waals surface area contributed by atoms with E-state index in [9.17, 15) is 9.59 Å². The molecule has 3 rings (SSSR count). The average molecular weight is 415 g/mol. The Morgan fingerprint density at radius 1 is 1.17 bits per heavy atom. The summed E-state index contributed by atoms with van der Waals surface area (Å²) in [4.78, 5) is 27.6. The van der Waals surface area contributed by atoms with Gasteiger partial charge >= 0.3 is 0 Å². The van der Waals surface area contributed by atoms with E-state index in [2.05, 4.69) is 5.32 Å². The number of nitrogens with one attached hydrogen (secondary N) is 1. The number of para-hydroxylation sites is 2. The first-order chi connectivity index (χ1) is 13.8. The van der Waals surface area contributed by atoms with E-state index in [1.807, 2.05) is 49.4 Å². The summed E-state index contributed by atoms with van der Waals surface area (Å²) < 4.78 is 10.7. The van der Waals surface area contributed by atoms with E-state index < -0.39 is 5.54 Å². The minimum Gasteiger partial charge on any atom is -0.497 e. The number of ether oxygens (including phenoxy) is 2. The van der Waals surface area contributed by atoms with Gasteiger partial charge in [-0.1, -0.05) is 12.1 Å². The molecule has 0 aromatic heterocycles.